The van der Waals surface area contributed by atoms with Crippen molar-refractivity contribution in [2.75, 3.05) is 6.54 Å². The summed E-state index contributed by atoms with van der Waals surface area (Å²) in [7, 11) is 0. The fourth-order valence-electron chi connectivity index (χ4n) is 1.21. The molecule has 2 N–H and O–H groups in total. The zero-order chi connectivity index (χ0) is 8.10. The van der Waals surface area contributed by atoms with Crippen LogP contribution in [0, 0.1) is 0 Å². The molecule has 1 aliphatic heterocycles. The van der Waals surface area contributed by atoms with Crippen molar-refractivity contribution in [3.63, 3.8) is 0 Å². The number of carbonyl (C=O) groups excluding carboxylic acids is 2. The highest BCUT2D eigenvalue weighted by atomic mass is 16.1. The van der Waals surface area contributed by atoms with Crippen molar-refractivity contribution in [2.45, 2.75) is 25.3 Å². The minimum atomic E-state index is 0.0295. The highest BCUT2D eigenvalue weighted by Gasteiger charge is 2.15. The maximum absolute atomic E-state index is 10.9. The molecular weight excluding hydrogens is 144 g/mol. The summed E-state index contributed by atoms with van der Waals surface area (Å²) in [6.45, 7) is 0.732. The van der Waals surface area contributed by atoms with Crippen molar-refractivity contribution in [1.29, 1.82) is 0 Å². The van der Waals surface area contributed by atoms with Gasteiger partial charge in [-0.2, -0.15) is 0 Å². The number of carbonyl (C=O) groups is 2. The van der Waals surface area contributed by atoms with E-state index in [1.54, 1.807) is 0 Å². The molecule has 0 spiro atoms. The second kappa shape index (κ2) is 3.95. The molecule has 1 saturated heterocycles. The summed E-state index contributed by atoms with van der Waals surface area (Å²) in [5.74, 6) is 0.0295. The summed E-state index contributed by atoms with van der Waals surface area (Å²) in [5.41, 5.74) is 0. The van der Waals surface area contributed by atoms with Crippen molar-refractivity contribution < 1.29 is 9.59 Å². The van der Waals surface area contributed by atoms with Gasteiger partial charge in [-0.05, 0) is 12.8 Å². The van der Waals surface area contributed by atoms with Gasteiger partial charge in [-0.3, -0.25) is 9.59 Å². The zero-order valence-electron chi connectivity index (χ0n) is 6.30. The normalized spacial score (nSPS) is 25.1. The first-order chi connectivity index (χ1) is 5.33. The van der Waals surface area contributed by atoms with Crippen LogP contribution in [0.4, 0.5) is 0 Å². The van der Waals surface area contributed by atoms with E-state index in [-0.39, 0.29) is 11.9 Å². The number of amides is 2. The van der Waals surface area contributed by atoms with Crippen LogP contribution in [0.2, 0.25) is 0 Å². The molecule has 11 heavy (non-hydrogen) atoms. The van der Waals surface area contributed by atoms with E-state index >= 15 is 0 Å². The van der Waals surface area contributed by atoms with E-state index in [1.807, 2.05) is 0 Å². The Balaban J connectivity index is 2.38. The van der Waals surface area contributed by atoms with Gasteiger partial charge < -0.3 is 10.6 Å². The molecule has 0 aromatic heterocycles. The van der Waals surface area contributed by atoms with Crippen molar-refractivity contribution in [2.24, 2.45) is 0 Å². The summed E-state index contributed by atoms with van der Waals surface area (Å²) in [6.07, 6.45) is 2.90. The first kappa shape index (κ1) is 8.04. The van der Waals surface area contributed by atoms with Crippen LogP contribution in [-0.2, 0) is 9.59 Å². The van der Waals surface area contributed by atoms with Crippen LogP contribution in [0.3, 0.4) is 0 Å². The lowest BCUT2D eigenvalue weighted by atomic mass is 10.1. The van der Waals surface area contributed by atoms with Gasteiger partial charge in [-0.1, -0.05) is 0 Å². The molecule has 62 valence electrons. The fourth-order valence-corrected chi connectivity index (χ4v) is 1.21. The van der Waals surface area contributed by atoms with Gasteiger partial charge in [-0.15, -0.1) is 0 Å². The Morgan fingerprint density at radius 2 is 2.45 bits per heavy atom. The number of rotatable bonds is 2. The lowest BCUT2D eigenvalue weighted by Gasteiger charge is -2.09. The van der Waals surface area contributed by atoms with Gasteiger partial charge in [0, 0.05) is 19.0 Å². The second-order valence-corrected chi connectivity index (χ2v) is 2.68. The molecule has 1 heterocycles. The molecule has 0 saturated carbocycles. The standard InChI is InChI=1S/C7H12N2O2/c10-5-9-6-2-1-3-8-7(11)4-6/h5-6H,1-4H2,(H,8,11)(H,9,10)/t6-/m0/s1. The lowest BCUT2D eigenvalue weighted by molar-refractivity contribution is -0.121. The van der Waals surface area contributed by atoms with E-state index in [0.717, 1.165) is 19.4 Å². The summed E-state index contributed by atoms with van der Waals surface area (Å²) in [4.78, 5) is 21.0. The molecule has 1 fully saturated rings. The molecule has 0 aromatic carbocycles. The van der Waals surface area contributed by atoms with Crippen LogP contribution >= 0.6 is 0 Å². The van der Waals surface area contributed by atoms with Crippen molar-refractivity contribution >= 4 is 12.3 Å². The van der Waals surface area contributed by atoms with Crippen LogP contribution in [0.25, 0.3) is 0 Å². The number of hydrogen-bond acceptors (Lipinski definition) is 2. The van der Waals surface area contributed by atoms with Gasteiger partial charge in [0.15, 0.2) is 0 Å². The molecule has 0 aliphatic carbocycles. The van der Waals surface area contributed by atoms with Gasteiger partial charge >= 0.3 is 0 Å². The molecule has 4 heteroatoms. The summed E-state index contributed by atoms with van der Waals surface area (Å²) in [5, 5.41) is 5.35. The van der Waals surface area contributed by atoms with Crippen LogP contribution in [0.1, 0.15) is 19.3 Å². The minimum Gasteiger partial charge on any atom is -0.356 e. The first-order valence-electron chi connectivity index (χ1n) is 3.79. The quantitative estimate of drug-likeness (QED) is 0.524. The van der Waals surface area contributed by atoms with Crippen molar-refractivity contribution in [1.82, 2.24) is 10.6 Å². The largest absolute Gasteiger partial charge is 0.356 e. The van der Waals surface area contributed by atoms with Crippen molar-refractivity contribution in [3.8, 4) is 0 Å². The number of hydrogen-bond donors (Lipinski definition) is 2. The Kier molecular flexibility index (Phi) is 2.89. The van der Waals surface area contributed by atoms with Crippen LogP contribution in [0.5, 0.6) is 0 Å². The molecule has 0 aromatic rings. The lowest BCUT2D eigenvalue weighted by Crippen LogP contribution is -2.31. The van der Waals surface area contributed by atoms with Gasteiger partial charge in [0.05, 0.1) is 0 Å². The molecule has 1 aliphatic rings. The summed E-state index contributed by atoms with van der Waals surface area (Å²) < 4.78 is 0. The Labute approximate surface area is 65.3 Å². The number of nitrogens with one attached hydrogen (secondary N) is 2. The van der Waals surface area contributed by atoms with Crippen LogP contribution in [0.15, 0.2) is 0 Å². The zero-order valence-corrected chi connectivity index (χ0v) is 6.30. The molecule has 4 nitrogen and oxygen atoms in total. The van der Waals surface area contributed by atoms with E-state index < -0.39 is 0 Å². The van der Waals surface area contributed by atoms with Gasteiger partial charge in [0.1, 0.15) is 0 Å². The average molecular weight is 156 g/mol. The Bertz CT molecular complexity index is 159. The highest BCUT2D eigenvalue weighted by molar-refractivity contribution is 5.77. The molecular formula is C7H12N2O2. The predicted molar refractivity (Wildman–Crippen MR) is 39.8 cm³/mol. The minimum absolute atomic E-state index is 0.0295. The molecule has 0 bridgehead atoms. The fraction of sp³-hybridized carbons (Fsp3) is 0.714. The molecule has 1 atom stereocenters. The van der Waals surface area contributed by atoms with Gasteiger partial charge in [0.25, 0.3) is 0 Å². The third-order valence-electron chi connectivity index (χ3n) is 1.79. The van der Waals surface area contributed by atoms with E-state index in [1.165, 1.54) is 0 Å². The van der Waals surface area contributed by atoms with Crippen molar-refractivity contribution in [3.05, 3.63) is 0 Å². The third kappa shape index (κ3) is 2.57. The van der Waals surface area contributed by atoms with Gasteiger partial charge in [0.2, 0.25) is 12.3 Å². The molecule has 2 amide bonds. The SMILES string of the molecule is O=CN[C@H]1CCCNC(=O)C1. The predicted octanol–water partition coefficient (Wildman–Crippen LogP) is -0.599. The topological polar surface area (TPSA) is 58.2 Å². The maximum atomic E-state index is 10.9. The Morgan fingerprint density at radius 1 is 1.64 bits per heavy atom. The Hall–Kier alpha value is -1.06. The second-order valence-electron chi connectivity index (χ2n) is 2.68. The summed E-state index contributed by atoms with van der Waals surface area (Å²) >= 11 is 0. The third-order valence-corrected chi connectivity index (χ3v) is 1.79. The Morgan fingerprint density at radius 3 is 3.18 bits per heavy atom. The monoisotopic (exact) mass is 156 g/mol. The van der Waals surface area contributed by atoms with Gasteiger partial charge in [-0.25, -0.2) is 0 Å². The average Bonchev–Trinajstić information content (AvgIpc) is 2.15. The highest BCUT2D eigenvalue weighted by Crippen LogP contribution is 2.04. The van der Waals surface area contributed by atoms with Crippen LogP contribution in [-0.4, -0.2) is 24.9 Å². The van der Waals surface area contributed by atoms with Crippen LogP contribution < -0.4 is 10.6 Å². The molecule has 1 rings (SSSR count). The summed E-state index contributed by atoms with van der Waals surface area (Å²) in [6, 6.07) is 0.0370. The smallest absolute Gasteiger partial charge is 0.222 e. The van der Waals surface area contributed by atoms with E-state index in [0.29, 0.717) is 12.8 Å². The first-order valence-corrected chi connectivity index (χ1v) is 3.79. The molecule has 0 unspecified atom stereocenters. The van der Waals surface area contributed by atoms with E-state index in [9.17, 15) is 9.59 Å². The molecule has 0 radical (unpaired) electrons. The van der Waals surface area contributed by atoms with E-state index in [4.69, 9.17) is 0 Å². The van der Waals surface area contributed by atoms with E-state index in [2.05, 4.69) is 10.6 Å². The maximum Gasteiger partial charge on any atom is 0.222 e.